The van der Waals surface area contributed by atoms with Crippen molar-refractivity contribution in [2.45, 2.75) is 44.2 Å². The van der Waals surface area contributed by atoms with Gasteiger partial charge >= 0.3 is 0 Å². The van der Waals surface area contributed by atoms with E-state index >= 15 is 0 Å². The number of sulfonamides is 1. The zero-order valence-corrected chi connectivity index (χ0v) is 17.4. The van der Waals surface area contributed by atoms with Crippen LogP contribution in [-0.2, 0) is 16.6 Å². The van der Waals surface area contributed by atoms with E-state index in [1.807, 2.05) is 12.1 Å². The summed E-state index contributed by atoms with van der Waals surface area (Å²) in [5.41, 5.74) is 1.81. The van der Waals surface area contributed by atoms with E-state index in [0.29, 0.717) is 28.6 Å². The fraction of sp³-hybridized carbons (Fsp3) is 0.450. The number of piperidine rings is 1. The van der Waals surface area contributed by atoms with E-state index in [9.17, 15) is 8.42 Å². The molecule has 1 aliphatic rings. The van der Waals surface area contributed by atoms with E-state index in [-0.39, 0.29) is 6.04 Å². The monoisotopic (exact) mass is 407 g/mol. The number of halogens is 1. The predicted octanol–water partition coefficient (Wildman–Crippen LogP) is 3.72. The highest BCUT2D eigenvalue weighted by Crippen LogP contribution is 2.28. The van der Waals surface area contributed by atoms with Gasteiger partial charge in [0.05, 0.1) is 4.90 Å². The third kappa shape index (κ3) is 4.51. The number of pyridine rings is 1. The van der Waals surface area contributed by atoms with Crippen LogP contribution in [0, 0.1) is 6.92 Å². The molecule has 1 atom stereocenters. The topological polar surface area (TPSA) is 53.5 Å². The molecular formula is C20H26ClN3O2S. The van der Waals surface area contributed by atoms with Gasteiger partial charge in [0.15, 0.2) is 0 Å². The predicted molar refractivity (Wildman–Crippen MR) is 108 cm³/mol. The van der Waals surface area contributed by atoms with Gasteiger partial charge < -0.3 is 0 Å². The van der Waals surface area contributed by atoms with Crippen molar-refractivity contribution in [2.75, 3.05) is 19.6 Å². The van der Waals surface area contributed by atoms with Crippen LogP contribution in [0.4, 0.5) is 0 Å². The van der Waals surface area contributed by atoms with Gasteiger partial charge in [-0.05, 0) is 61.7 Å². The van der Waals surface area contributed by atoms with Crippen LogP contribution < -0.4 is 0 Å². The van der Waals surface area contributed by atoms with E-state index in [0.717, 1.165) is 25.9 Å². The summed E-state index contributed by atoms with van der Waals surface area (Å²) in [5, 5.41) is 0.484. The van der Waals surface area contributed by atoms with Gasteiger partial charge in [0.1, 0.15) is 0 Å². The molecule has 146 valence electrons. The highest BCUT2D eigenvalue weighted by molar-refractivity contribution is 7.89. The van der Waals surface area contributed by atoms with Crippen molar-refractivity contribution in [1.29, 1.82) is 0 Å². The molecule has 7 heteroatoms. The number of hydrogen-bond donors (Lipinski definition) is 0. The molecule has 0 bridgehead atoms. The zero-order valence-electron chi connectivity index (χ0n) is 15.8. The smallest absolute Gasteiger partial charge is 0.243 e. The molecule has 1 aliphatic heterocycles. The summed E-state index contributed by atoms with van der Waals surface area (Å²) in [7, 11) is -3.55. The molecule has 5 nitrogen and oxygen atoms in total. The molecule has 1 fully saturated rings. The Morgan fingerprint density at radius 2 is 2.00 bits per heavy atom. The van der Waals surface area contributed by atoms with Gasteiger partial charge in [-0.1, -0.05) is 24.6 Å². The maximum atomic E-state index is 13.2. The molecule has 2 heterocycles. The Morgan fingerprint density at radius 1 is 1.26 bits per heavy atom. The summed E-state index contributed by atoms with van der Waals surface area (Å²) in [6.07, 6.45) is 5.45. The second-order valence-electron chi connectivity index (χ2n) is 6.94. The Kier molecular flexibility index (Phi) is 6.52. The van der Waals surface area contributed by atoms with Crippen LogP contribution in [0.2, 0.25) is 5.02 Å². The van der Waals surface area contributed by atoms with Crippen LogP contribution in [0.5, 0.6) is 0 Å². The minimum absolute atomic E-state index is 0.200. The summed E-state index contributed by atoms with van der Waals surface area (Å²) in [4.78, 5) is 6.73. The zero-order chi connectivity index (χ0) is 19.4. The Bertz CT molecular complexity index is 874. The van der Waals surface area contributed by atoms with Gasteiger partial charge in [0.25, 0.3) is 0 Å². The quantitative estimate of drug-likeness (QED) is 0.732. The molecule has 2 aromatic rings. The second-order valence-corrected chi connectivity index (χ2v) is 9.25. The largest absolute Gasteiger partial charge is 0.295 e. The molecule has 1 aromatic carbocycles. The summed E-state index contributed by atoms with van der Waals surface area (Å²) in [6.45, 7) is 6.61. The molecule has 0 saturated carbocycles. The van der Waals surface area contributed by atoms with Crippen LogP contribution in [0.1, 0.15) is 30.9 Å². The van der Waals surface area contributed by atoms with Crippen LogP contribution in [-0.4, -0.2) is 48.3 Å². The Hall–Kier alpha value is -1.47. The van der Waals surface area contributed by atoms with E-state index in [1.54, 1.807) is 41.8 Å². The van der Waals surface area contributed by atoms with E-state index in [1.165, 1.54) is 5.56 Å². The number of benzene rings is 1. The molecule has 1 aromatic heterocycles. The fourth-order valence-electron chi connectivity index (χ4n) is 3.67. The fourth-order valence-corrected chi connectivity index (χ4v) is 5.66. The van der Waals surface area contributed by atoms with E-state index < -0.39 is 10.0 Å². The lowest BCUT2D eigenvalue weighted by Gasteiger charge is -2.38. The van der Waals surface area contributed by atoms with Crippen molar-refractivity contribution in [3.63, 3.8) is 0 Å². The number of aromatic nitrogens is 1. The first-order valence-electron chi connectivity index (χ1n) is 9.31. The van der Waals surface area contributed by atoms with Crippen molar-refractivity contribution >= 4 is 21.6 Å². The molecule has 3 rings (SSSR count). The Morgan fingerprint density at radius 3 is 2.70 bits per heavy atom. The van der Waals surface area contributed by atoms with Crippen LogP contribution >= 0.6 is 11.6 Å². The lowest BCUT2D eigenvalue weighted by molar-refractivity contribution is 0.134. The number of nitrogens with zero attached hydrogens (tertiary/aromatic N) is 3. The van der Waals surface area contributed by atoms with Crippen LogP contribution in [0.15, 0.2) is 47.6 Å². The third-order valence-corrected chi connectivity index (χ3v) is 7.67. The maximum Gasteiger partial charge on any atom is 0.243 e. The summed E-state index contributed by atoms with van der Waals surface area (Å²) >= 11 is 6.15. The molecule has 0 aliphatic carbocycles. The lowest BCUT2D eigenvalue weighted by atomic mass is 10.1. The minimum atomic E-state index is -3.55. The molecule has 1 saturated heterocycles. The number of rotatable bonds is 6. The first kappa shape index (κ1) is 20.3. The van der Waals surface area contributed by atoms with E-state index in [2.05, 4.69) is 16.8 Å². The molecule has 0 radical (unpaired) electrons. The minimum Gasteiger partial charge on any atom is -0.295 e. The van der Waals surface area contributed by atoms with Gasteiger partial charge in [0, 0.05) is 43.1 Å². The highest BCUT2D eigenvalue weighted by atomic mass is 35.5. The molecule has 0 amide bonds. The second kappa shape index (κ2) is 8.69. The highest BCUT2D eigenvalue weighted by Gasteiger charge is 2.33. The maximum absolute atomic E-state index is 13.2. The summed E-state index contributed by atoms with van der Waals surface area (Å²) in [6, 6.07) is 9.29. The summed E-state index contributed by atoms with van der Waals surface area (Å²) in [5.74, 6) is 0. The van der Waals surface area contributed by atoms with Crippen molar-refractivity contribution in [3.8, 4) is 0 Å². The molecule has 0 N–H and O–H groups in total. The van der Waals surface area contributed by atoms with Gasteiger partial charge in [-0.2, -0.15) is 4.31 Å². The van der Waals surface area contributed by atoms with Crippen molar-refractivity contribution in [3.05, 3.63) is 58.9 Å². The normalized spacial score (nSPS) is 18.7. The van der Waals surface area contributed by atoms with Gasteiger partial charge in [-0.25, -0.2) is 8.42 Å². The van der Waals surface area contributed by atoms with Gasteiger partial charge in [-0.15, -0.1) is 0 Å². The molecular weight excluding hydrogens is 382 g/mol. The number of likely N-dealkylation sites (N-methyl/N-ethyl adjacent to an activating group) is 1. The molecule has 0 unspecified atom stereocenters. The molecule has 27 heavy (non-hydrogen) atoms. The van der Waals surface area contributed by atoms with Crippen molar-refractivity contribution < 1.29 is 8.42 Å². The van der Waals surface area contributed by atoms with Crippen LogP contribution in [0.25, 0.3) is 0 Å². The average molecular weight is 408 g/mol. The standard InChI is InChI=1S/C20H26ClN3O2S/c1-3-23(14-17-9-11-22-12-10-17)18-6-5-13-24(15-18)27(25,26)20-8-4-7-19(21)16(20)2/h4,7-12,18H,3,5-6,13-15H2,1-2H3/t18-/m0/s1. The van der Waals surface area contributed by atoms with Gasteiger partial charge in [0.2, 0.25) is 10.0 Å². The Labute approximate surface area is 167 Å². The van der Waals surface area contributed by atoms with E-state index in [4.69, 9.17) is 11.6 Å². The average Bonchev–Trinajstić information content (AvgIpc) is 2.69. The lowest BCUT2D eigenvalue weighted by Crippen LogP contribution is -2.49. The third-order valence-electron chi connectivity index (χ3n) is 5.25. The molecule has 0 spiro atoms. The van der Waals surface area contributed by atoms with Crippen molar-refractivity contribution in [1.82, 2.24) is 14.2 Å². The first-order valence-corrected chi connectivity index (χ1v) is 11.1. The number of hydrogen-bond acceptors (Lipinski definition) is 4. The SMILES string of the molecule is CCN(Cc1ccncc1)[C@H]1CCCN(S(=O)(=O)c2cccc(Cl)c2C)C1. The Balaban J connectivity index is 1.79. The van der Waals surface area contributed by atoms with Crippen molar-refractivity contribution in [2.24, 2.45) is 0 Å². The summed E-state index contributed by atoms with van der Waals surface area (Å²) < 4.78 is 28.1. The van der Waals surface area contributed by atoms with Gasteiger partial charge in [-0.3, -0.25) is 9.88 Å². The van der Waals surface area contributed by atoms with Crippen LogP contribution in [0.3, 0.4) is 0 Å². The first-order chi connectivity index (χ1) is 12.9.